The van der Waals surface area contributed by atoms with Crippen molar-refractivity contribution in [3.63, 3.8) is 0 Å². The number of carbonyl (C=O) groups is 1. The summed E-state index contributed by atoms with van der Waals surface area (Å²) >= 11 is 0. The number of hydrogen-bond acceptors (Lipinski definition) is 5. The maximum absolute atomic E-state index is 11.0. The Labute approximate surface area is 107 Å². The maximum atomic E-state index is 11.0. The molecule has 0 heterocycles. The topological polar surface area (TPSA) is 111 Å². The number of ether oxygens (including phenoxy) is 1. The average molecular weight is 275 g/mol. The van der Waals surface area contributed by atoms with Gasteiger partial charge in [-0.05, 0) is 12.5 Å². The maximum Gasteiger partial charge on any atom is 0.364 e. The fourth-order valence-corrected chi connectivity index (χ4v) is 0.871. The van der Waals surface area contributed by atoms with Crippen LogP contribution in [0.15, 0.2) is 30.3 Å². The van der Waals surface area contributed by atoms with Crippen molar-refractivity contribution in [2.24, 2.45) is 0 Å². The molecular weight excluding hydrogens is 258 g/mol. The summed E-state index contributed by atoms with van der Waals surface area (Å²) in [7, 11) is -3.92. The van der Waals surface area contributed by atoms with Crippen LogP contribution >= 0.6 is 0 Å². The summed E-state index contributed by atoms with van der Waals surface area (Å²) in [5, 5.41) is 0. The van der Waals surface area contributed by atoms with E-state index in [4.69, 9.17) is 17.7 Å². The van der Waals surface area contributed by atoms with Crippen molar-refractivity contribution in [3.8, 4) is 0 Å². The first-order valence-corrected chi connectivity index (χ1v) is 6.96. The lowest BCUT2D eigenvalue weighted by Crippen LogP contribution is -2.63. The third-order valence-electron chi connectivity index (χ3n) is 1.63. The smallest absolute Gasteiger partial charge is 0.364 e. The quantitative estimate of drug-likeness (QED) is 0.591. The molecule has 0 spiro atoms. The molecule has 0 saturated carbocycles. The van der Waals surface area contributed by atoms with E-state index in [9.17, 15) is 4.79 Å². The standard InChI is InChI=1S/C10H13NO2.CH4O3S/c1-8(11)10(12)13-7-9-5-3-2-4-6-9;1-5(2,3)4/h2-6,8H,7,11H2,1H3;1H3,(H,2,3,4)/t8-;/m0./s1. The first-order valence-electron chi connectivity index (χ1n) is 5.14. The van der Waals surface area contributed by atoms with Gasteiger partial charge in [-0.1, -0.05) is 30.3 Å². The Morgan fingerprint density at radius 1 is 1.39 bits per heavy atom. The van der Waals surface area contributed by atoms with Crippen molar-refractivity contribution < 1.29 is 28.2 Å². The van der Waals surface area contributed by atoms with Crippen LogP contribution in [0.4, 0.5) is 0 Å². The van der Waals surface area contributed by atoms with Gasteiger partial charge in [-0.3, -0.25) is 0 Å². The molecular formula is C11H17NO5S. The highest BCUT2D eigenvalue weighted by Gasteiger charge is 2.11. The Bertz CT molecular complexity index is 448. The van der Waals surface area contributed by atoms with Crippen molar-refractivity contribution in [2.45, 2.75) is 19.6 Å². The van der Waals surface area contributed by atoms with E-state index < -0.39 is 10.1 Å². The van der Waals surface area contributed by atoms with Gasteiger partial charge in [-0.25, -0.2) is 13.2 Å². The van der Waals surface area contributed by atoms with Gasteiger partial charge in [-0.2, -0.15) is 0 Å². The lowest BCUT2D eigenvalue weighted by Gasteiger charge is -2.04. The zero-order valence-corrected chi connectivity index (χ0v) is 11.1. The van der Waals surface area contributed by atoms with Crippen LogP contribution in [0.3, 0.4) is 0 Å². The Balaban J connectivity index is 0.000000494. The second-order valence-corrected chi connectivity index (χ2v) is 5.11. The van der Waals surface area contributed by atoms with Crippen molar-refractivity contribution in [1.29, 1.82) is 0 Å². The predicted octanol–water partition coefficient (Wildman–Crippen LogP) is -0.478. The van der Waals surface area contributed by atoms with E-state index in [1.165, 1.54) is 0 Å². The molecule has 1 aromatic rings. The van der Waals surface area contributed by atoms with Crippen LogP contribution in [-0.4, -0.2) is 31.2 Å². The summed E-state index contributed by atoms with van der Waals surface area (Å²) in [6.07, 6.45) is 0.604. The monoisotopic (exact) mass is 275 g/mol. The number of benzene rings is 1. The van der Waals surface area contributed by atoms with Crippen LogP contribution < -0.4 is 5.73 Å². The summed E-state index contributed by atoms with van der Waals surface area (Å²) in [4.78, 5) is 11.0. The first-order chi connectivity index (χ1) is 8.20. The van der Waals surface area contributed by atoms with E-state index in [1.807, 2.05) is 30.3 Å². The minimum Gasteiger partial charge on any atom is -0.748 e. The second-order valence-electron chi connectivity index (χ2n) is 3.70. The van der Waals surface area contributed by atoms with Gasteiger partial charge >= 0.3 is 5.97 Å². The van der Waals surface area contributed by atoms with Crippen molar-refractivity contribution >= 4 is 16.1 Å². The predicted molar refractivity (Wildman–Crippen MR) is 64.2 cm³/mol. The molecule has 18 heavy (non-hydrogen) atoms. The number of hydrogen-bond donors (Lipinski definition) is 1. The number of carbonyl (C=O) groups excluding carboxylic acids is 1. The average Bonchev–Trinajstić information content (AvgIpc) is 2.25. The number of esters is 1. The van der Waals surface area contributed by atoms with Gasteiger partial charge in [0.25, 0.3) is 0 Å². The van der Waals surface area contributed by atoms with Crippen molar-refractivity contribution in [2.75, 3.05) is 6.26 Å². The molecule has 0 fully saturated rings. The summed E-state index contributed by atoms with van der Waals surface area (Å²) in [5.74, 6) is -0.260. The molecule has 0 bridgehead atoms. The van der Waals surface area contributed by atoms with Crippen molar-refractivity contribution in [3.05, 3.63) is 35.9 Å². The van der Waals surface area contributed by atoms with E-state index in [0.29, 0.717) is 12.9 Å². The highest BCUT2D eigenvalue weighted by atomic mass is 32.2. The molecule has 0 saturated heterocycles. The van der Waals surface area contributed by atoms with Crippen LogP contribution in [0, 0.1) is 0 Å². The summed E-state index contributed by atoms with van der Waals surface area (Å²) in [5.41, 5.74) is 4.57. The van der Waals surface area contributed by atoms with Gasteiger partial charge in [0.15, 0.2) is 6.04 Å². The van der Waals surface area contributed by atoms with Gasteiger partial charge < -0.3 is 15.0 Å². The zero-order valence-electron chi connectivity index (χ0n) is 10.3. The molecule has 1 rings (SSSR count). The minimum absolute atomic E-state index is 0.260. The molecule has 0 aromatic heterocycles. The Hall–Kier alpha value is -1.44. The van der Waals surface area contributed by atoms with Crippen LogP contribution in [-0.2, 0) is 26.3 Å². The van der Waals surface area contributed by atoms with Gasteiger partial charge in [0.05, 0.1) is 10.1 Å². The molecule has 3 N–H and O–H groups in total. The fraction of sp³-hybridized carbons (Fsp3) is 0.364. The lowest BCUT2D eigenvalue weighted by atomic mass is 10.2. The zero-order chi connectivity index (χ0) is 14.2. The van der Waals surface area contributed by atoms with Gasteiger partial charge in [0.1, 0.15) is 6.61 Å². The molecule has 1 aromatic carbocycles. The van der Waals surface area contributed by atoms with Crippen LogP contribution in [0.2, 0.25) is 0 Å². The molecule has 1 atom stereocenters. The molecule has 0 amide bonds. The number of rotatable bonds is 3. The largest absolute Gasteiger partial charge is 0.748 e. The Kier molecular flexibility index (Phi) is 7.18. The van der Waals surface area contributed by atoms with Gasteiger partial charge in [-0.15, -0.1) is 0 Å². The Morgan fingerprint density at radius 3 is 2.22 bits per heavy atom. The fourth-order valence-electron chi connectivity index (χ4n) is 0.871. The molecule has 0 unspecified atom stereocenters. The van der Waals surface area contributed by atoms with Crippen LogP contribution in [0.1, 0.15) is 12.5 Å². The summed E-state index contributed by atoms with van der Waals surface area (Å²) in [6, 6.07) is 9.29. The summed E-state index contributed by atoms with van der Waals surface area (Å²) < 4.78 is 32.2. The second kappa shape index (κ2) is 7.80. The van der Waals surface area contributed by atoms with Crippen molar-refractivity contribution in [1.82, 2.24) is 0 Å². The highest BCUT2D eigenvalue weighted by Crippen LogP contribution is 2.00. The molecule has 0 aliphatic heterocycles. The Morgan fingerprint density at radius 2 is 1.83 bits per heavy atom. The molecule has 0 aliphatic carbocycles. The minimum atomic E-state index is -3.92. The van der Waals surface area contributed by atoms with E-state index in [-0.39, 0.29) is 12.0 Å². The molecule has 0 radical (unpaired) electrons. The van der Waals surface area contributed by atoms with Crippen LogP contribution in [0.5, 0.6) is 0 Å². The lowest BCUT2D eigenvalue weighted by molar-refractivity contribution is -0.403. The van der Waals surface area contributed by atoms with E-state index in [1.54, 1.807) is 6.92 Å². The third kappa shape index (κ3) is 11.1. The van der Waals surface area contributed by atoms with E-state index >= 15 is 0 Å². The SMILES string of the molecule is CS(=O)(=O)[O-].C[C@H]([NH3+])C(=O)OCc1ccccc1. The third-order valence-corrected chi connectivity index (χ3v) is 1.63. The normalized spacial score (nSPS) is 12.0. The van der Waals surface area contributed by atoms with E-state index in [0.717, 1.165) is 5.56 Å². The van der Waals surface area contributed by atoms with E-state index in [2.05, 4.69) is 5.73 Å². The highest BCUT2D eigenvalue weighted by molar-refractivity contribution is 7.84. The van der Waals surface area contributed by atoms with Crippen LogP contribution in [0.25, 0.3) is 0 Å². The summed E-state index contributed by atoms with van der Waals surface area (Å²) in [6.45, 7) is 2.05. The van der Waals surface area contributed by atoms with Gasteiger partial charge in [0.2, 0.25) is 0 Å². The molecule has 0 aliphatic rings. The molecule has 6 nitrogen and oxygen atoms in total. The molecule has 102 valence electrons. The first kappa shape index (κ1) is 16.6. The molecule has 7 heteroatoms. The van der Waals surface area contributed by atoms with Gasteiger partial charge in [0, 0.05) is 6.26 Å². The number of quaternary nitrogens is 1.